The van der Waals surface area contributed by atoms with Crippen molar-refractivity contribution in [2.75, 3.05) is 7.11 Å². The summed E-state index contributed by atoms with van der Waals surface area (Å²) in [6.45, 7) is 2.13. The molecule has 6 heteroatoms. The Hall–Kier alpha value is -1.59. The fraction of sp³-hybridized carbons (Fsp3) is 0.769. The molecule has 0 bridgehead atoms. The Labute approximate surface area is 113 Å². The van der Waals surface area contributed by atoms with E-state index in [4.69, 9.17) is 0 Å². The maximum Gasteiger partial charge on any atom is 0.332 e. The Kier molecular flexibility index (Phi) is 10.5. The van der Waals surface area contributed by atoms with Gasteiger partial charge >= 0.3 is 11.9 Å². The second kappa shape index (κ2) is 11.5. The summed E-state index contributed by atoms with van der Waals surface area (Å²) in [7, 11) is 1.24. The maximum absolute atomic E-state index is 11.3. The van der Waals surface area contributed by atoms with E-state index in [1.807, 2.05) is 0 Å². The Morgan fingerprint density at radius 1 is 0.895 bits per heavy atom. The van der Waals surface area contributed by atoms with Gasteiger partial charge in [0.25, 0.3) is 5.91 Å². The lowest BCUT2D eigenvalue weighted by Gasteiger charge is -2.05. The van der Waals surface area contributed by atoms with Crippen LogP contribution >= 0.6 is 0 Å². The first-order chi connectivity index (χ1) is 9.10. The van der Waals surface area contributed by atoms with Gasteiger partial charge in [0.15, 0.2) is 0 Å². The molecule has 0 saturated heterocycles. The van der Waals surface area contributed by atoms with Gasteiger partial charge in [-0.15, -0.1) is 0 Å². The van der Waals surface area contributed by atoms with Gasteiger partial charge in [-0.05, 0) is 6.42 Å². The standard InChI is InChI=1S/C13H23NO5/c1-3-4-5-6-7-8-11(15)14-19-13(17)10-9-12(16)18-2/h3-10H2,1-2H3,(H,14,15). The van der Waals surface area contributed by atoms with Crippen molar-refractivity contribution in [1.29, 1.82) is 0 Å². The molecule has 0 aliphatic carbocycles. The third-order valence-corrected chi connectivity index (χ3v) is 2.55. The van der Waals surface area contributed by atoms with E-state index < -0.39 is 11.9 Å². The third-order valence-electron chi connectivity index (χ3n) is 2.55. The van der Waals surface area contributed by atoms with Gasteiger partial charge in [-0.2, -0.15) is 5.48 Å². The first kappa shape index (κ1) is 17.4. The van der Waals surface area contributed by atoms with Crippen LogP contribution in [0.15, 0.2) is 0 Å². The number of ether oxygens (including phenoxy) is 1. The van der Waals surface area contributed by atoms with Crippen molar-refractivity contribution in [2.45, 2.75) is 58.3 Å². The summed E-state index contributed by atoms with van der Waals surface area (Å²) < 4.78 is 4.38. The molecular weight excluding hydrogens is 250 g/mol. The zero-order chi connectivity index (χ0) is 14.5. The van der Waals surface area contributed by atoms with Gasteiger partial charge in [-0.25, -0.2) is 4.79 Å². The Morgan fingerprint density at radius 2 is 1.53 bits per heavy atom. The van der Waals surface area contributed by atoms with Crippen molar-refractivity contribution in [3.05, 3.63) is 0 Å². The van der Waals surface area contributed by atoms with E-state index in [9.17, 15) is 14.4 Å². The first-order valence-electron chi connectivity index (χ1n) is 6.65. The summed E-state index contributed by atoms with van der Waals surface area (Å²) in [6.07, 6.45) is 5.40. The SMILES string of the molecule is CCCCCCCC(=O)NOC(=O)CCC(=O)OC. The number of hydroxylamine groups is 1. The number of unbranched alkanes of at least 4 members (excludes halogenated alkanes) is 4. The molecule has 0 aliphatic rings. The number of hydrogen-bond donors (Lipinski definition) is 1. The molecule has 1 amide bonds. The minimum Gasteiger partial charge on any atom is -0.469 e. The average molecular weight is 273 g/mol. The highest BCUT2D eigenvalue weighted by Crippen LogP contribution is 2.04. The summed E-state index contributed by atoms with van der Waals surface area (Å²) >= 11 is 0. The molecule has 0 saturated carbocycles. The number of carbonyl (C=O) groups excluding carboxylic acids is 3. The van der Waals surface area contributed by atoms with Crippen LogP contribution in [0.2, 0.25) is 0 Å². The van der Waals surface area contributed by atoms with Gasteiger partial charge in [0.2, 0.25) is 0 Å². The van der Waals surface area contributed by atoms with Crippen LogP contribution in [0, 0.1) is 0 Å². The Morgan fingerprint density at radius 3 is 2.16 bits per heavy atom. The van der Waals surface area contributed by atoms with Gasteiger partial charge in [0, 0.05) is 6.42 Å². The highest BCUT2D eigenvalue weighted by atomic mass is 16.7. The second-order valence-corrected chi connectivity index (χ2v) is 4.24. The number of nitrogens with one attached hydrogen (secondary N) is 1. The van der Waals surface area contributed by atoms with E-state index in [2.05, 4.69) is 22.0 Å². The van der Waals surface area contributed by atoms with Crippen molar-refractivity contribution < 1.29 is 24.0 Å². The number of hydrogen-bond acceptors (Lipinski definition) is 5. The molecule has 0 aliphatic heterocycles. The van der Waals surface area contributed by atoms with Crippen molar-refractivity contribution in [1.82, 2.24) is 5.48 Å². The normalized spacial score (nSPS) is 9.79. The zero-order valence-electron chi connectivity index (χ0n) is 11.7. The molecule has 19 heavy (non-hydrogen) atoms. The number of carbonyl (C=O) groups is 3. The first-order valence-corrected chi connectivity index (χ1v) is 6.65. The fourth-order valence-electron chi connectivity index (χ4n) is 1.41. The maximum atomic E-state index is 11.3. The molecule has 0 radical (unpaired) electrons. The van der Waals surface area contributed by atoms with Crippen LogP contribution in [0.3, 0.4) is 0 Å². The molecular formula is C13H23NO5. The molecule has 0 spiro atoms. The van der Waals surface area contributed by atoms with E-state index in [1.165, 1.54) is 13.5 Å². The van der Waals surface area contributed by atoms with Gasteiger partial charge in [0.1, 0.15) is 0 Å². The van der Waals surface area contributed by atoms with Crippen LogP contribution in [0.5, 0.6) is 0 Å². The number of esters is 1. The smallest absolute Gasteiger partial charge is 0.332 e. The van der Waals surface area contributed by atoms with Crippen molar-refractivity contribution >= 4 is 17.8 Å². The van der Waals surface area contributed by atoms with Gasteiger partial charge in [0.05, 0.1) is 20.0 Å². The minimum absolute atomic E-state index is 0.0534. The Balaban J connectivity index is 3.50. The highest BCUT2D eigenvalue weighted by molar-refractivity contribution is 5.80. The van der Waals surface area contributed by atoms with E-state index in [1.54, 1.807) is 0 Å². The molecule has 6 nitrogen and oxygen atoms in total. The van der Waals surface area contributed by atoms with Gasteiger partial charge in [-0.1, -0.05) is 32.6 Å². The van der Waals surface area contributed by atoms with E-state index >= 15 is 0 Å². The molecule has 0 fully saturated rings. The third kappa shape index (κ3) is 11.2. The lowest BCUT2D eigenvalue weighted by atomic mass is 10.1. The number of amides is 1. The molecule has 0 rings (SSSR count). The molecule has 1 N–H and O–H groups in total. The van der Waals surface area contributed by atoms with Crippen molar-refractivity contribution in [3.63, 3.8) is 0 Å². The average Bonchev–Trinajstić information content (AvgIpc) is 2.42. The molecule has 0 unspecified atom stereocenters. The summed E-state index contributed by atoms with van der Waals surface area (Å²) in [5, 5.41) is 0. The van der Waals surface area contributed by atoms with Crippen LogP contribution < -0.4 is 5.48 Å². The van der Waals surface area contributed by atoms with Crippen LogP contribution in [-0.4, -0.2) is 25.0 Å². The van der Waals surface area contributed by atoms with Crippen LogP contribution in [0.1, 0.15) is 58.3 Å². The second-order valence-electron chi connectivity index (χ2n) is 4.24. The fourth-order valence-corrected chi connectivity index (χ4v) is 1.41. The summed E-state index contributed by atoms with van der Waals surface area (Å²) in [6, 6.07) is 0. The number of rotatable bonds is 9. The summed E-state index contributed by atoms with van der Waals surface area (Å²) in [5.41, 5.74) is 2.07. The Bertz CT molecular complexity index is 291. The lowest BCUT2D eigenvalue weighted by Crippen LogP contribution is -2.27. The molecule has 0 heterocycles. The predicted molar refractivity (Wildman–Crippen MR) is 68.9 cm³/mol. The largest absolute Gasteiger partial charge is 0.469 e. The van der Waals surface area contributed by atoms with Crippen LogP contribution in [0.25, 0.3) is 0 Å². The molecule has 0 aromatic carbocycles. The lowest BCUT2D eigenvalue weighted by molar-refractivity contribution is -0.159. The monoisotopic (exact) mass is 273 g/mol. The van der Waals surface area contributed by atoms with E-state index in [0.717, 1.165) is 25.7 Å². The quantitative estimate of drug-likeness (QED) is 0.394. The van der Waals surface area contributed by atoms with Crippen LogP contribution in [0.4, 0.5) is 0 Å². The van der Waals surface area contributed by atoms with E-state index in [0.29, 0.717) is 6.42 Å². The van der Waals surface area contributed by atoms with Gasteiger partial charge in [-0.3, -0.25) is 9.59 Å². The minimum atomic E-state index is -0.648. The molecule has 110 valence electrons. The molecule has 0 atom stereocenters. The van der Waals surface area contributed by atoms with Crippen molar-refractivity contribution in [2.24, 2.45) is 0 Å². The number of methoxy groups -OCH3 is 1. The van der Waals surface area contributed by atoms with E-state index in [-0.39, 0.29) is 18.7 Å². The molecule has 0 aromatic heterocycles. The highest BCUT2D eigenvalue weighted by Gasteiger charge is 2.09. The summed E-state index contributed by atoms with van der Waals surface area (Å²) in [5.74, 6) is -1.45. The van der Waals surface area contributed by atoms with Crippen LogP contribution in [-0.2, 0) is 24.0 Å². The summed E-state index contributed by atoms with van der Waals surface area (Å²) in [4.78, 5) is 37.7. The topological polar surface area (TPSA) is 81.7 Å². The molecule has 0 aromatic rings. The van der Waals surface area contributed by atoms with Gasteiger partial charge < -0.3 is 9.57 Å². The zero-order valence-corrected chi connectivity index (χ0v) is 11.7. The predicted octanol–water partition coefficient (Wildman–Crippen LogP) is 1.87. The van der Waals surface area contributed by atoms with Crippen molar-refractivity contribution in [3.8, 4) is 0 Å².